The highest BCUT2D eigenvalue weighted by atomic mass is 32.2. The van der Waals surface area contributed by atoms with E-state index in [9.17, 15) is 18.5 Å². The van der Waals surface area contributed by atoms with E-state index in [4.69, 9.17) is 5.84 Å². The highest BCUT2D eigenvalue weighted by Gasteiger charge is 2.36. The highest BCUT2D eigenvalue weighted by molar-refractivity contribution is 7.89. The van der Waals surface area contributed by atoms with Gasteiger partial charge in [0.05, 0.1) is 10.6 Å². The Morgan fingerprint density at radius 3 is 2.58 bits per heavy atom. The minimum absolute atomic E-state index is 0.00539. The van der Waals surface area contributed by atoms with Crippen molar-refractivity contribution in [2.24, 2.45) is 5.84 Å². The van der Waals surface area contributed by atoms with Crippen molar-refractivity contribution in [2.75, 3.05) is 12.5 Å². The molecule has 8 nitrogen and oxygen atoms in total. The summed E-state index contributed by atoms with van der Waals surface area (Å²) in [7, 11) is -2.20. The summed E-state index contributed by atoms with van der Waals surface area (Å²) in [4.78, 5) is 9.99. The van der Waals surface area contributed by atoms with Gasteiger partial charge in [-0.25, -0.2) is 8.42 Å². The molecule has 9 heteroatoms. The van der Waals surface area contributed by atoms with E-state index in [0.29, 0.717) is 0 Å². The Kier molecular flexibility index (Phi) is 3.43. The van der Waals surface area contributed by atoms with Crippen LogP contribution in [0.5, 0.6) is 0 Å². The molecule has 0 amide bonds. The number of nitrogens with zero attached hydrogens (tertiary/aromatic N) is 2. The minimum atomic E-state index is -3.69. The molecular weight excluding hydrogens is 272 g/mol. The zero-order valence-electron chi connectivity index (χ0n) is 10.2. The molecule has 1 fully saturated rings. The van der Waals surface area contributed by atoms with Crippen LogP contribution < -0.4 is 11.3 Å². The Bertz CT molecular complexity index is 612. The lowest BCUT2D eigenvalue weighted by Crippen LogP contribution is -2.30. The van der Waals surface area contributed by atoms with Crippen LogP contribution in [0.3, 0.4) is 0 Å². The monoisotopic (exact) mass is 286 g/mol. The molecule has 0 heterocycles. The van der Waals surface area contributed by atoms with E-state index in [2.05, 4.69) is 5.43 Å². The summed E-state index contributed by atoms with van der Waals surface area (Å²) in [6, 6.07) is 3.45. The van der Waals surface area contributed by atoms with Crippen molar-refractivity contribution in [3.05, 3.63) is 28.3 Å². The molecule has 0 spiro atoms. The Labute approximate surface area is 110 Å². The molecule has 1 saturated carbocycles. The Balaban J connectivity index is 2.46. The van der Waals surface area contributed by atoms with Gasteiger partial charge in [0.2, 0.25) is 10.0 Å². The van der Waals surface area contributed by atoms with E-state index >= 15 is 0 Å². The zero-order chi connectivity index (χ0) is 14.2. The number of nitrogens with one attached hydrogen (secondary N) is 1. The maximum Gasteiger partial charge on any atom is 0.271 e. The van der Waals surface area contributed by atoms with Crippen LogP contribution >= 0.6 is 0 Å². The van der Waals surface area contributed by atoms with Gasteiger partial charge >= 0.3 is 0 Å². The first-order chi connectivity index (χ1) is 8.87. The number of nitro benzene ring substituents is 1. The highest BCUT2D eigenvalue weighted by Crippen LogP contribution is 2.33. The Morgan fingerprint density at radius 1 is 1.47 bits per heavy atom. The molecule has 104 valence electrons. The number of hydrogen-bond donors (Lipinski definition) is 2. The number of benzene rings is 1. The van der Waals surface area contributed by atoms with Crippen molar-refractivity contribution in [1.29, 1.82) is 0 Å². The smallest absolute Gasteiger partial charge is 0.271 e. The van der Waals surface area contributed by atoms with E-state index in [1.807, 2.05) is 0 Å². The van der Waals surface area contributed by atoms with Gasteiger partial charge in [-0.2, -0.15) is 4.31 Å². The van der Waals surface area contributed by atoms with Crippen LogP contribution in [0, 0.1) is 10.1 Å². The molecule has 2 rings (SSSR count). The standard InChI is InChI=1S/C10H14N4O4S/c1-13(7-2-3-7)19(17,18)10-5-4-8(14(15)16)6-9(10)12-11/h4-7,12H,2-3,11H2,1H3. The summed E-state index contributed by atoms with van der Waals surface area (Å²) >= 11 is 0. The molecule has 1 aliphatic rings. The topological polar surface area (TPSA) is 119 Å². The van der Waals surface area contributed by atoms with Gasteiger partial charge in [-0.15, -0.1) is 0 Å². The lowest BCUT2D eigenvalue weighted by molar-refractivity contribution is -0.384. The van der Waals surface area contributed by atoms with E-state index in [-0.39, 0.29) is 22.3 Å². The van der Waals surface area contributed by atoms with Crippen LogP contribution in [-0.4, -0.2) is 30.7 Å². The summed E-state index contributed by atoms with van der Waals surface area (Å²) in [6.45, 7) is 0. The first kappa shape index (κ1) is 13.7. The zero-order valence-corrected chi connectivity index (χ0v) is 11.1. The second-order valence-corrected chi connectivity index (χ2v) is 6.30. The molecule has 0 aliphatic heterocycles. The SMILES string of the molecule is CN(C1CC1)S(=O)(=O)c1ccc([N+](=O)[O-])cc1NN. The second-order valence-electron chi connectivity index (χ2n) is 4.33. The van der Waals surface area contributed by atoms with Gasteiger partial charge in [0.25, 0.3) is 5.69 Å². The van der Waals surface area contributed by atoms with Gasteiger partial charge in [-0.05, 0) is 18.9 Å². The van der Waals surface area contributed by atoms with Crippen LogP contribution in [0.1, 0.15) is 12.8 Å². The third-order valence-electron chi connectivity index (χ3n) is 3.05. The molecule has 0 atom stereocenters. The first-order valence-corrected chi connectivity index (χ1v) is 7.05. The lowest BCUT2D eigenvalue weighted by atomic mass is 10.3. The van der Waals surface area contributed by atoms with Crippen molar-refractivity contribution >= 4 is 21.4 Å². The number of rotatable bonds is 5. The fourth-order valence-electron chi connectivity index (χ4n) is 1.76. The van der Waals surface area contributed by atoms with Crippen LogP contribution in [-0.2, 0) is 10.0 Å². The van der Waals surface area contributed by atoms with Crippen LogP contribution in [0.2, 0.25) is 0 Å². The minimum Gasteiger partial charge on any atom is -0.323 e. The molecule has 19 heavy (non-hydrogen) atoms. The predicted molar refractivity (Wildman–Crippen MR) is 68.9 cm³/mol. The van der Waals surface area contributed by atoms with Gasteiger partial charge in [-0.3, -0.25) is 16.0 Å². The molecule has 1 aromatic rings. The van der Waals surface area contributed by atoms with Crippen molar-refractivity contribution in [1.82, 2.24) is 4.31 Å². The van der Waals surface area contributed by atoms with E-state index in [1.54, 1.807) is 0 Å². The average molecular weight is 286 g/mol. The largest absolute Gasteiger partial charge is 0.323 e. The fraction of sp³-hybridized carbons (Fsp3) is 0.400. The van der Waals surface area contributed by atoms with Crippen LogP contribution in [0.25, 0.3) is 0 Å². The number of nitrogen functional groups attached to an aromatic ring is 1. The fourth-order valence-corrected chi connectivity index (χ4v) is 3.31. The molecule has 0 bridgehead atoms. The number of non-ortho nitro benzene ring substituents is 1. The maximum absolute atomic E-state index is 12.3. The quantitative estimate of drug-likeness (QED) is 0.466. The van der Waals surface area contributed by atoms with Crippen LogP contribution in [0.15, 0.2) is 23.1 Å². The molecule has 1 aromatic carbocycles. The summed E-state index contributed by atoms with van der Waals surface area (Å²) in [5.74, 6) is 5.25. The maximum atomic E-state index is 12.3. The number of anilines is 1. The van der Waals surface area contributed by atoms with Gasteiger partial charge < -0.3 is 5.43 Å². The molecule has 0 saturated heterocycles. The van der Waals surface area contributed by atoms with E-state index in [1.165, 1.54) is 17.4 Å². The number of nitrogens with two attached hydrogens (primary N) is 1. The third kappa shape index (κ3) is 2.53. The molecule has 1 aliphatic carbocycles. The molecule has 0 aromatic heterocycles. The predicted octanol–water partition coefficient (Wildman–Crippen LogP) is 0.663. The number of hydrazine groups is 1. The Hall–Kier alpha value is -1.71. The van der Waals surface area contributed by atoms with Crippen molar-refractivity contribution in [3.8, 4) is 0 Å². The molecular formula is C10H14N4O4S. The van der Waals surface area contributed by atoms with E-state index < -0.39 is 14.9 Å². The number of hydrogen-bond acceptors (Lipinski definition) is 6. The molecule has 0 unspecified atom stereocenters. The van der Waals surface area contributed by atoms with Crippen molar-refractivity contribution < 1.29 is 13.3 Å². The lowest BCUT2D eigenvalue weighted by Gasteiger charge is -2.18. The molecule has 0 radical (unpaired) electrons. The summed E-state index contributed by atoms with van der Waals surface area (Å²) < 4.78 is 25.9. The first-order valence-electron chi connectivity index (χ1n) is 5.61. The summed E-state index contributed by atoms with van der Waals surface area (Å²) in [6.07, 6.45) is 1.65. The summed E-state index contributed by atoms with van der Waals surface area (Å²) in [5.41, 5.74) is 2.00. The van der Waals surface area contributed by atoms with Crippen molar-refractivity contribution in [2.45, 2.75) is 23.8 Å². The third-order valence-corrected chi connectivity index (χ3v) is 5.02. The number of nitro groups is 1. The second kappa shape index (κ2) is 4.76. The average Bonchev–Trinajstić information content (AvgIpc) is 3.21. The Morgan fingerprint density at radius 2 is 2.11 bits per heavy atom. The van der Waals surface area contributed by atoms with Gasteiger partial charge in [0.1, 0.15) is 4.90 Å². The van der Waals surface area contributed by atoms with Gasteiger partial charge in [0, 0.05) is 25.2 Å². The van der Waals surface area contributed by atoms with Crippen molar-refractivity contribution in [3.63, 3.8) is 0 Å². The normalized spacial score (nSPS) is 15.5. The van der Waals surface area contributed by atoms with E-state index in [0.717, 1.165) is 25.0 Å². The van der Waals surface area contributed by atoms with Gasteiger partial charge in [0.15, 0.2) is 0 Å². The van der Waals surface area contributed by atoms with Crippen LogP contribution in [0.4, 0.5) is 11.4 Å². The van der Waals surface area contributed by atoms with Gasteiger partial charge in [-0.1, -0.05) is 0 Å². The molecule has 3 N–H and O–H groups in total. The number of sulfonamides is 1. The summed E-state index contributed by atoms with van der Waals surface area (Å²) in [5, 5.41) is 10.7.